The molecule has 0 saturated carbocycles. The van der Waals surface area contributed by atoms with E-state index in [4.69, 9.17) is 4.74 Å². The van der Waals surface area contributed by atoms with Gasteiger partial charge < -0.3 is 19.4 Å². The van der Waals surface area contributed by atoms with Gasteiger partial charge >= 0.3 is 5.97 Å². The second-order valence-electron chi connectivity index (χ2n) is 7.17. The van der Waals surface area contributed by atoms with Crippen LogP contribution in [0.15, 0.2) is 37.7 Å². The summed E-state index contributed by atoms with van der Waals surface area (Å²) in [5, 5.41) is 0. The Kier molecular flexibility index (Phi) is 14.2. The molecule has 29 heavy (non-hydrogen) atoms. The molecule has 0 aromatic carbocycles. The summed E-state index contributed by atoms with van der Waals surface area (Å²) in [5.74, 6) is 0.124. The first-order chi connectivity index (χ1) is 13.7. The van der Waals surface area contributed by atoms with Gasteiger partial charge in [0.1, 0.15) is 6.61 Å². The highest BCUT2D eigenvalue weighted by Crippen LogP contribution is 2.10. The molecule has 0 atom stereocenters. The Labute approximate surface area is 175 Å². The Morgan fingerprint density at radius 2 is 1.52 bits per heavy atom. The largest absolute Gasteiger partial charge is 0.461 e. The molecule has 0 aromatic heterocycles. The van der Waals surface area contributed by atoms with E-state index in [1.165, 1.54) is 6.42 Å². The Bertz CT molecular complexity index is 572. The third kappa shape index (κ3) is 12.6. The van der Waals surface area contributed by atoms with Crippen LogP contribution in [0.1, 0.15) is 45.4 Å². The van der Waals surface area contributed by atoms with Crippen LogP contribution in [0.3, 0.4) is 0 Å². The van der Waals surface area contributed by atoms with Crippen LogP contribution in [0.2, 0.25) is 0 Å². The third-order valence-electron chi connectivity index (χ3n) is 4.28. The van der Waals surface area contributed by atoms with Gasteiger partial charge in [-0.2, -0.15) is 0 Å². The number of hydrogen-bond acceptors (Lipinski definition) is 5. The molecule has 2 aliphatic rings. The van der Waals surface area contributed by atoms with Gasteiger partial charge in [-0.15, -0.1) is 0 Å². The molecule has 7 heteroatoms. The summed E-state index contributed by atoms with van der Waals surface area (Å²) in [7, 11) is 3.85. The standard InChI is InChI=1S/C8H15NO2.C8H13NO.C6H9NO/c1-7(2)8(10)11-6-5-9(3)4;1-2-9-7-5-3-4-6-8(9)10;1-2-7-5-3-4-6(7)8/h1,5-6H2,2-4H3;2H,1,3-7H2;2H,1,3-5H2. The van der Waals surface area contributed by atoms with Gasteiger partial charge in [-0.25, -0.2) is 4.79 Å². The van der Waals surface area contributed by atoms with Gasteiger partial charge in [0.2, 0.25) is 11.8 Å². The van der Waals surface area contributed by atoms with Crippen molar-refractivity contribution in [1.29, 1.82) is 0 Å². The zero-order valence-electron chi connectivity index (χ0n) is 18.3. The molecule has 0 bridgehead atoms. The van der Waals surface area contributed by atoms with Gasteiger partial charge in [0.25, 0.3) is 0 Å². The van der Waals surface area contributed by atoms with E-state index in [1.807, 2.05) is 19.0 Å². The molecule has 2 fully saturated rings. The zero-order valence-corrected chi connectivity index (χ0v) is 18.3. The lowest BCUT2D eigenvalue weighted by atomic mass is 10.2. The van der Waals surface area contributed by atoms with Gasteiger partial charge in [-0.3, -0.25) is 9.59 Å². The van der Waals surface area contributed by atoms with E-state index in [1.54, 1.807) is 29.1 Å². The van der Waals surface area contributed by atoms with Crippen LogP contribution < -0.4 is 0 Å². The van der Waals surface area contributed by atoms with Crippen molar-refractivity contribution in [2.24, 2.45) is 0 Å². The number of rotatable bonds is 6. The van der Waals surface area contributed by atoms with Gasteiger partial charge in [-0.05, 0) is 52.7 Å². The SMILES string of the molecule is C=C(C)C(=O)OCCN(C)C.C=CN1CCCC1=O.C=CN1CCCCCC1=O. The van der Waals surface area contributed by atoms with Crippen molar-refractivity contribution in [3.05, 3.63) is 37.7 Å². The molecular formula is C22H37N3O4. The van der Waals surface area contributed by atoms with Crippen molar-refractivity contribution in [3.63, 3.8) is 0 Å². The van der Waals surface area contributed by atoms with E-state index >= 15 is 0 Å². The van der Waals surface area contributed by atoms with Crippen LogP contribution in [0.25, 0.3) is 0 Å². The van der Waals surface area contributed by atoms with Gasteiger partial charge in [0, 0.05) is 38.0 Å². The Balaban J connectivity index is 0.000000410. The van der Waals surface area contributed by atoms with Gasteiger partial charge in [0.05, 0.1) is 0 Å². The Morgan fingerprint density at radius 3 is 1.93 bits per heavy atom. The quantitative estimate of drug-likeness (QED) is 0.500. The molecule has 0 aromatic rings. The van der Waals surface area contributed by atoms with Crippen LogP contribution in [0.5, 0.6) is 0 Å². The fourth-order valence-corrected chi connectivity index (χ4v) is 2.50. The maximum atomic E-state index is 11.1. The molecule has 0 N–H and O–H groups in total. The fraction of sp³-hybridized carbons (Fsp3) is 0.591. The third-order valence-corrected chi connectivity index (χ3v) is 4.28. The summed E-state index contributed by atoms with van der Waals surface area (Å²) in [4.78, 5) is 37.9. The lowest BCUT2D eigenvalue weighted by Crippen LogP contribution is -2.23. The van der Waals surface area contributed by atoms with Crippen molar-refractivity contribution in [1.82, 2.24) is 14.7 Å². The second-order valence-corrected chi connectivity index (χ2v) is 7.17. The highest BCUT2D eigenvalue weighted by Gasteiger charge is 2.16. The molecule has 7 nitrogen and oxygen atoms in total. The van der Waals surface area contributed by atoms with Crippen LogP contribution in [-0.4, -0.2) is 72.8 Å². The minimum atomic E-state index is -0.313. The number of hydrogen-bond donors (Lipinski definition) is 0. The number of carbonyl (C=O) groups is 3. The average Bonchev–Trinajstić information content (AvgIpc) is 2.98. The highest BCUT2D eigenvalue weighted by atomic mass is 16.5. The van der Waals surface area contributed by atoms with Crippen LogP contribution in [0, 0.1) is 0 Å². The molecule has 0 radical (unpaired) electrons. The number of esters is 1. The van der Waals surface area contributed by atoms with Crippen molar-refractivity contribution in [3.8, 4) is 0 Å². The number of likely N-dealkylation sites (tertiary alicyclic amines) is 2. The number of amides is 2. The van der Waals surface area contributed by atoms with Crippen LogP contribution in [-0.2, 0) is 19.1 Å². The fourth-order valence-electron chi connectivity index (χ4n) is 2.50. The molecule has 0 unspecified atom stereocenters. The van der Waals surface area contributed by atoms with E-state index in [9.17, 15) is 14.4 Å². The predicted molar refractivity (Wildman–Crippen MR) is 116 cm³/mol. The number of nitrogens with zero attached hydrogens (tertiary/aromatic N) is 3. The molecular weight excluding hydrogens is 370 g/mol. The summed E-state index contributed by atoms with van der Waals surface area (Å²) in [6.07, 6.45) is 8.96. The van der Waals surface area contributed by atoms with Crippen molar-refractivity contribution in [2.75, 3.05) is 40.3 Å². The average molecular weight is 408 g/mol. The lowest BCUT2D eigenvalue weighted by Gasteiger charge is -2.13. The normalized spacial score (nSPS) is 16.1. The highest BCUT2D eigenvalue weighted by molar-refractivity contribution is 5.86. The first-order valence-corrected chi connectivity index (χ1v) is 10.0. The van der Waals surface area contributed by atoms with E-state index < -0.39 is 0 Å². The van der Waals surface area contributed by atoms with E-state index in [2.05, 4.69) is 19.7 Å². The van der Waals surface area contributed by atoms with Crippen LogP contribution in [0.4, 0.5) is 0 Å². The van der Waals surface area contributed by atoms with Crippen LogP contribution >= 0.6 is 0 Å². The predicted octanol–water partition coefficient (Wildman–Crippen LogP) is 2.95. The molecule has 2 saturated heterocycles. The monoisotopic (exact) mass is 407 g/mol. The maximum Gasteiger partial charge on any atom is 0.333 e. The lowest BCUT2D eigenvalue weighted by molar-refractivity contribution is -0.139. The summed E-state index contributed by atoms with van der Waals surface area (Å²) in [5.41, 5.74) is 0.448. The summed E-state index contributed by atoms with van der Waals surface area (Å²) < 4.78 is 4.83. The molecule has 0 spiro atoms. The minimum Gasteiger partial charge on any atom is -0.461 e. The van der Waals surface area contributed by atoms with Gasteiger partial charge in [-0.1, -0.05) is 26.2 Å². The number of carbonyl (C=O) groups excluding carboxylic acids is 3. The number of ether oxygens (including phenoxy) is 1. The first kappa shape index (κ1) is 26.6. The van der Waals surface area contributed by atoms with E-state index in [0.717, 1.165) is 38.9 Å². The molecule has 2 aliphatic heterocycles. The second kappa shape index (κ2) is 15.5. The minimum absolute atomic E-state index is 0.208. The summed E-state index contributed by atoms with van der Waals surface area (Å²) in [6.45, 7) is 15.1. The van der Waals surface area contributed by atoms with Crippen molar-refractivity contribution < 1.29 is 19.1 Å². The zero-order chi connectivity index (χ0) is 22.2. The number of likely N-dealkylation sites (N-methyl/N-ethyl adjacent to an activating group) is 1. The summed E-state index contributed by atoms with van der Waals surface area (Å²) in [6, 6.07) is 0. The Morgan fingerprint density at radius 1 is 1.00 bits per heavy atom. The topological polar surface area (TPSA) is 70.2 Å². The molecule has 0 aliphatic carbocycles. The molecule has 2 amide bonds. The summed E-state index contributed by atoms with van der Waals surface area (Å²) >= 11 is 0. The Hall–Kier alpha value is -2.41. The van der Waals surface area contributed by atoms with E-state index in [-0.39, 0.29) is 17.8 Å². The molecule has 2 heterocycles. The van der Waals surface area contributed by atoms with Crippen molar-refractivity contribution >= 4 is 17.8 Å². The smallest absolute Gasteiger partial charge is 0.333 e. The van der Waals surface area contributed by atoms with E-state index in [0.29, 0.717) is 25.0 Å². The van der Waals surface area contributed by atoms with Gasteiger partial charge in [0.15, 0.2) is 0 Å². The molecule has 164 valence electrons. The molecule has 2 rings (SSSR count). The first-order valence-electron chi connectivity index (χ1n) is 10.0. The maximum absolute atomic E-state index is 11.1. The van der Waals surface area contributed by atoms with Crippen molar-refractivity contribution in [2.45, 2.75) is 45.4 Å².